The first-order valence-corrected chi connectivity index (χ1v) is 22.9. The monoisotopic (exact) mass is 789 g/mol. The minimum atomic E-state index is -3.97. The Morgan fingerprint density at radius 1 is 0.855 bits per heavy atom. The summed E-state index contributed by atoms with van der Waals surface area (Å²) in [6, 6.07) is 27.6. The van der Waals surface area contributed by atoms with Crippen molar-refractivity contribution in [3.8, 4) is 0 Å². The average Bonchev–Trinajstić information content (AvgIpc) is 3.94. The van der Waals surface area contributed by atoms with Crippen molar-refractivity contribution >= 4 is 59.3 Å². The van der Waals surface area contributed by atoms with E-state index in [-0.39, 0.29) is 40.3 Å². The molecule has 55 heavy (non-hydrogen) atoms. The summed E-state index contributed by atoms with van der Waals surface area (Å²) in [6.45, 7) is 4.67. The lowest BCUT2D eigenvalue weighted by Gasteiger charge is -2.71. The van der Waals surface area contributed by atoms with Crippen molar-refractivity contribution < 1.29 is 23.4 Å². The summed E-state index contributed by atoms with van der Waals surface area (Å²) < 4.78 is 32.1. The highest BCUT2D eigenvalue weighted by Gasteiger charge is 2.74. The molecule has 5 aromatic rings. The largest absolute Gasteiger partial charge is 0.393 e. The fraction of sp³-hybridized carbons (Fsp3) is 0.413. The van der Waals surface area contributed by atoms with E-state index < -0.39 is 38.0 Å². The number of allylic oxidation sites excluding steroid dienone is 4. The predicted molar refractivity (Wildman–Crippen MR) is 221 cm³/mol. The maximum Gasteiger partial charge on any atom is 0.252 e. The quantitative estimate of drug-likeness (QED) is 0.121. The zero-order valence-electron chi connectivity index (χ0n) is 31.3. The molecule has 2 bridgehead atoms. The van der Waals surface area contributed by atoms with Gasteiger partial charge in [0.25, 0.3) is 10.0 Å². The second-order valence-corrected chi connectivity index (χ2v) is 21.8. The number of aliphatic hydroxyl groups is 2. The maximum atomic E-state index is 15.2. The summed E-state index contributed by atoms with van der Waals surface area (Å²) in [6.07, 6.45) is 11.4. The highest BCUT2D eigenvalue weighted by molar-refractivity contribution is 7.91. The van der Waals surface area contributed by atoms with Crippen LogP contribution in [0.1, 0.15) is 74.0 Å². The second kappa shape index (κ2) is 12.3. The molecule has 0 amide bonds. The van der Waals surface area contributed by atoms with Gasteiger partial charge in [-0.05, 0) is 107 Å². The number of sulfonamides is 1. The third-order valence-corrected chi connectivity index (χ3v) is 19.6. The molecule has 2 heterocycles. The van der Waals surface area contributed by atoms with E-state index in [2.05, 4.69) is 44.2 Å². The van der Waals surface area contributed by atoms with Crippen LogP contribution in [-0.4, -0.2) is 47.0 Å². The predicted octanol–water partition coefficient (Wildman–Crippen LogP) is 9.78. The molecule has 3 aromatic carbocycles. The number of aliphatic hydroxyl groups excluding tert-OH is 1. The number of hydrogen-bond donors (Lipinski definition) is 2. The summed E-state index contributed by atoms with van der Waals surface area (Å²) >= 11 is 2.74. The minimum absolute atomic E-state index is 0.0371. The van der Waals surface area contributed by atoms with Gasteiger partial charge < -0.3 is 10.2 Å². The van der Waals surface area contributed by atoms with E-state index >= 15 is 4.79 Å². The fourth-order valence-electron chi connectivity index (χ4n) is 12.5. The highest BCUT2D eigenvalue weighted by Crippen LogP contribution is 2.78. The van der Waals surface area contributed by atoms with Gasteiger partial charge in [-0.2, -0.15) is 4.31 Å². The molecule has 9 heteroatoms. The number of nitrogens with zero attached hydrogens (tertiary/aromatic N) is 1. The third-order valence-electron chi connectivity index (χ3n) is 15.4. The molecule has 6 aliphatic rings. The molecule has 3 fully saturated rings. The number of benzene rings is 3. The molecule has 0 radical (unpaired) electrons. The van der Waals surface area contributed by atoms with Crippen LogP contribution in [0.5, 0.6) is 0 Å². The van der Waals surface area contributed by atoms with E-state index in [4.69, 9.17) is 0 Å². The minimum Gasteiger partial charge on any atom is -0.393 e. The van der Waals surface area contributed by atoms with E-state index in [1.165, 1.54) is 27.0 Å². The Morgan fingerprint density at radius 2 is 1.58 bits per heavy atom. The summed E-state index contributed by atoms with van der Waals surface area (Å²) in [7, 11) is -3.97. The number of fused-ring (bicyclic) bond motifs is 3. The van der Waals surface area contributed by atoms with Gasteiger partial charge in [0.1, 0.15) is 4.21 Å². The number of ketones is 1. The Kier molecular flexibility index (Phi) is 8.02. The van der Waals surface area contributed by atoms with Crippen molar-refractivity contribution in [1.82, 2.24) is 4.31 Å². The number of thiophene rings is 2. The lowest BCUT2D eigenvalue weighted by molar-refractivity contribution is -0.173. The molecule has 0 aliphatic heterocycles. The molecular formula is C46H47NO5S3. The van der Waals surface area contributed by atoms with Crippen LogP contribution in [0.3, 0.4) is 0 Å². The SMILES string of the molecule is C[C@]12CC[C@H]3[C@]4(C=C[C@@]5(C=C4C(=O)c4cc6ccccc6s4)CC(O)CC[C@]35C)[C@@H]1CC[C@@]2(O)CN(Cc1cccc2ccccc12)S(=O)(=O)c1cccs1. The summed E-state index contributed by atoms with van der Waals surface area (Å²) in [4.78, 5) is 15.9. The summed E-state index contributed by atoms with van der Waals surface area (Å²) in [5, 5.41) is 29.3. The van der Waals surface area contributed by atoms with Gasteiger partial charge in [0.05, 0.1) is 16.6 Å². The van der Waals surface area contributed by atoms with Gasteiger partial charge in [0.2, 0.25) is 0 Å². The van der Waals surface area contributed by atoms with Crippen molar-refractivity contribution in [3.05, 3.63) is 125 Å². The maximum absolute atomic E-state index is 15.2. The van der Waals surface area contributed by atoms with Crippen molar-refractivity contribution in [3.63, 3.8) is 0 Å². The Hall–Kier alpha value is -3.44. The molecule has 2 aromatic heterocycles. The zero-order chi connectivity index (χ0) is 38.0. The first-order chi connectivity index (χ1) is 26.3. The molecule has 2 spiro atoms. The smallest absolute Gasteiger partial charge is 0.252 e. The Morgan fingerprint density at radius 3 is 2.38 bits per heavy atom. The van der Waals surface area contributed by atoms with Crippen LogP contribution < -0.4 is 0 Å². The molecule has 8 atom stereocenters. The molecule has 2 N–H and O–H groups in total. The van der Waals surface area contributed by atoms with Crippen LogP contribution in [0.25, 0.3) is 20.9 Å². The number of rotatable bonds is 8. The topological polar surface area (TPSA) is 94.9 Å². The number of carbonyl (C=O) groups excluding carboxylic acids is 1. The van der Waals surface area contributed by atoms with Gasteiger partial charge in [-0.25, -0.2) is 8.42 Å². The van der Waals surface area contributed by atoms with E-state index in [1.807, 2.05) is 60.7 Å². The lowest BCUT2D eigenvalue weighted by Crippen LogP contribution is -2.67. The Labute approximate surface area is 331 Å². The van der Waals surface area contributed by atoms with Crippen LogP contribution in [0.2, 0.25) is 0 Å². The van der Waals surface area contributed by atoms with Gasteiger partial charge in [0.15, 0.2) is 5.78 Å². The highest BCUT2D eigenvalue weighted by atomic mass is 32.2. The number of hydrogen-bond acceptors (Lipinski definition) is 7. The van der Waals surface area contributed by atoms with Crippen LogP contribution >= 0.6 is 22.7 Å². The van der Waals surface area contributed by atoms with Gasteiger partial charge >= 0.3 is 0 Å². The summed E-state index contributed by atoms with van der Waals surface area (Å²) in [5.74, 6) is 0.114. The number of Topliss-reactive ketones (excluding diaryl/α,β-unsaturated/α-hetero) is 1. The third kappa shape index (κ3) is 4.93. The van der Waals surface area contributed by atoms with E-state index in [0.717, 1.165) is 62.6 Å². The van der Waals surface area contributed by atoms with Crippen molar-refractivity contribution in [2.45, 2.75) is 81.3 Å². The molecule has 6 nitrogen and oxygen atoms in total. The van der Waals surface area contributed by atoms with Crippen molar-refractivity contribution in [1.29, 1.82) is 0 Å². The standard InChI is InChI=1S/C46H47NO5S3/c1-42-19-16-33(48)26-44(42)22-23-46(35(27-44)41(49)37-25-31-10-4-6-14-36(31)54-37)38(42)17-20-43(2)39(46)18-21-45(43,50)29-47(55(51,52)40-15-8-24-53-40)28-32-12-7-11-30-9-3-5-13-34(30)32/h3-15,22-25,27,33,38-39,48,50H,16-21,26,28-29H2,1-2H3/t33?,38-,39-,42-,43+,44+,45-,46-/m1/s1. The van der Waals surface area contributed by atoms with Crippen LogP contribution in [0.4, 0.5) is 0 Å². The summed E-state index contributed by atoms with van der Waals surface area (Å²) in [5.41, 5.74) is -1.53. The lowest BCUT2D eigenvalue weighted by atomic mass is 9.32. The molecule has 0 saturated heterocycles. The molecule has 11 rings (SSSR count). The van der Waals surface area contributed by atoms with Gasteiger partial charge in [-0.3, -0.25) is 4.79 Å². The van der Waals surface area contributed by atoms with Crippen molar-refractivity contribution in [2.24, 2.45) is 33.5 Å². The van der Waals surface area contributed by atoms with Gasteiger partial charge in [-0.1, -0.05) is 98.8 Å². The molecule has 284 valence electrons. The fourth-order valence-corrected chi connectivity index (χ4v) is 16.1. The zero-order valence-corrected chi connectivity index (χ0v) is 33.7. The number of carbonyl (C=O) groups is 1. The first-order valence-electron chi connectivity index (χ1n) is 19.7. The molecule has 1 unspecified atom stereocenters. The van der Waals surface area contributed by atoms with Gasteiger partial charge in [0, 0.05) is 39.6 Å². The van der Waals surface area contributed by atoms with Crippen molar-refractivity contribution in [2.75, 3.05) is 6.54 Å². The van der Waals surface area contributed by atoms with E-state index in [9.17, 15) is 18.6 Å². The molecular weight excluding hydrogens is 743 g/mol. The normalized spacial score (nSPS) is 35.1. The van der Waals surface area contributed by atoms with Crippen LogP contribution in [-0.2, 0) is 16.6 Å². The average molecular weight is 790 g/mol. The molecule has 3 saturated carbocycles. The van der Waals surface area contributed by atoms with Gasteiger partial charge in [-0.15, -0.1) is 22.7 Å². The van der Waals surface area contributed by atoms with E-state index in [1.54, 1.807) is 17.5 Å². The first kappa shape index (κ1) is 35.9. The van der Waals surface area contributed by atoms with Crippen LogP contribution in [0, 0.1) is 33.5 Å². The molecule has 6 aliphatic carbocycles. The van der Waals surface area contributed by atoms with E-state index in [0.29, 0.717) is 19.3 Å². The second-order valence-electron chi connectivity index (χ2n) is 17.6. The Balaban J connectivity index is 1.09. The van der Waals surface area contributed by atoms with Crippen LogP contribution in [0.15, 0.2) is 118 Å². The Bertz CT molecular complexity index is 2500.